The molecule has 0 saturated carbocycles. The van der Waals surface area contributed by atoms with Crippen LogP contribution in [-0.4, -0.2) is 22.5 Å². The first-order valence-electron chi connectivity index (χ1n) is 5.19. The maximum Gasteiger partial charge on any atom is 0.329 e. The summed E-state index contributed by atoms with van der Waals surface area (Å²) in [5.41, 5.74) is -0.160. The van der Waals surface area contributed by atoms with Crippen molar-refractivity contribution in [3.8, 4) is 6.07 Å². The van der Waals surface area contributed by atoms with E-state index in [9.17, 15) is 14.9 Å². The first-order valence-corrected chi connectivity index (χ1v) is 5.19. The maximum absolute atomic E-state index is 11.6. The van der Waals surface area contributed by atoms with E-state index in [4.69, 9.17) is 10.00 Å². The summed E-state index contributed by atoms with van der Waals surface area (Å²) in [7, 11) is 0. The van der Waals surface area contributed by atoms with E-state index in [-0.39, 0.29) is 18.0 Å². The fourth-order valence-corrected chi connectivity index (χ4v) is 1.47. The van der Waals surface area contributed by atoms with Gasteiger partial charge in [-0.15, -0.1) is 0 Å². The molecule has 1 heterocycles. The van der Waals surface area contributed by atoms with E-state index in [0.717, 1.165) is 0 Å². The zero-order chi connectivity index (χ0) is 13.7. The van der Waals surface area contributed by atoms with Crippen molar-refractivity contribution in [1.82, 2.24) is 4.98 Å². The highest BCUT2D eigenvalue weighted by molar-refractivity contribution is 5.82. The van der Waals surface area contributed by atoms with Crippen molar-refractivity contribution in [1.29, 1.82) is 5.26 Å². The standard InChI is InChI=1S/C11H11N3O4/c1-3-18-11(15)8(6-12)9-10(14(16)17)7(2)4-5-13-9/h4-5,8H,3H2,1-2H3/t8-/m0/s1. The molecule has 0 N–H and O–H groups in total. The molecule has 18 heavy (non-hydrogen) atoms. The minimum Gasteiger partial charge on any atom is -0.465 e. The average molecular weight is 249 g/mol. The molecule has 7 heteroatoms. The lowest BCUT2D eigenvalue weighted by Crippen LogP contribution is -2.17. The minimum atomic E-state index is -1.38. The molecular formula is C11H11N3O4. The van der Waals surface area contributed by atoms with Crippen molar-refractivity contribution < 1.29 is 14.5 Å². The Hall–Kier alpha value is -2.49. The normalized spacial score (nSPS) is 11.4. The van der Waals surface area contributed by atoms with Crippen LogP contribution in [0.25, 0.3) is 0 Å². The highest BCUT2D eigenvalue weighted by atomic mass is 16.6. The van der Waals surface area contributed by atoms with Gasteiger partial charge in [-0.1, -0.05) is 0 Å². The molecule has 1 aromatic rings. The van der Waals surface area contributed by atoms with Crippen LogP contribution in [-0.2, 0) is 9.53 Å². The Morgan fingerprint density at radius 2 is 2.39 bits per heavy atom. The monoisotopic (exact) mass is 249 g/mol. The summed E-state index contributed by atoms with van der Waals surface area (Å²) in [5, 5.41) is 19.9. The van der Waals surface area contributed by atoms with Gasteiger partial charge in [0.05, 0.1) is 17.6 Å². The number of hydrogen-bond acceptors (Lipinski definition) is 6. The molecule has 0 aliphatic carbocycles. The van der Waals surface area contributed by atoms with Gasteiger partial charge in [0.15, 0.2) is 5.92 Å². The summed E-state index contributed by atoms with van der Waals surface area (Å²) in [6.07, 6.45) is 1.32. The van der Waals surface area contributed by atoms with Gasteiger partial charge in [0.2, 0.25) is 0 Å². The van der Waals surface area contributed by atoms with Gasteiger partial charge in [-0.05, 0) is 19.9 Å². The summed E-state index contributed by atoms with van der Waals surface area (Å²) >= 11 is 0. The molecule has 1 atom stereocenters. The van der Waals surface area contributed by atoms with Crippen LogP contribution in [0.4, 0.5) is 5.69 Å². The number of carbonyl (C=O) groups excluding carboxylic acids is 1. The fraction of sp³-hybridized carbons (Fsp3) is 0.364. The number of carbonyl (C=O) groups is 1. The van der Waals surface area contributed by atoms with Crippen LogP contribution < -0.4 is 0 Å². The van der Waals surface area contributed by atoms with Crippen LogP contribution in [0.2, 0.25) is 0 Å². The zero-order valence-corrected chi connectivity index (χ0v) is 9.91. The van der Waals surface area contributed by atoms with Gasteiger partial charge in [0.25, 0.3) is 5.69 Å². The molecule has 0 bridgehead atoms. The summed E-state index contributed by atoms with van der Waals surface area (Å²) in [6.45, 7) is 3.20. The summed E-state index contributed by atoms with van der Waals surface area (Å²) in [5.74, 6) is -2.22. The Labute approximate surface area is 103 Å². The highest BCUT2D eigenvalue weighted by Gasteiger charge is 2.32. The lowest BCUT2D eigenvalue weighted by molar-refractivity contribution is -0.386. The second-order valence-corrected chi connectivity index (χ2v) is 3.43. The van der Waals surface area contributed by atoms with Crippen molar-refractivity contribution in [2.45, 2.75) is 19.8 Å². The van der Waals surface area contributed by atoms with Gasteiger partial charge in [-0.25, -0.2) is 0 Å². The van der Waals surface area contributed by atoms with Crippen LogP contribution in [0.3, 0.4) is 0 Å². The number of nitrogens with zero attached hydrogens (tertiary/aromatic N) is 3. The molecule has 0 unspecified atom stereocenters. The van der Waals surface area contributed by atoms with Crippen molar-refractivity contribution in [2.24, 2.45) is 0 Å². The third kappa shape index (κ3) is 2.60. The predicted octanol–water partition coefficient (Wildman–Crippen LogP) is 1.47. The molecule has 0 aliphatic heterocycles. The second kappa shape index (κ2) is 5.72. The van der Waals surface area contributed by atoms with Crippen molar-refractivity contribution in [3.63, 3.8) is 0 Å². The molecule has 1 rings (SSSR count). The fourth-order valence-electron chi connectivity index (χ4n) is 1.47. The molecule has 0 aromatic carbocycles. The van der Waals surface area contributed by atoms with E-state index in [1.54, 1.807) is 13.0 Å². The largest absolute Gasteiger partial charge is 0.465 e. The molecule has 0 amide bonds. The Bertz CT molecular complexity index is 522. The molecule has 0 spiro atoms. The number of aromatic nitrogens is 1. The molecule has 0 radical (unpaired) electrons. The van der Waals surface area contributed by atoms with Gasteiger partial charge >= 0.3 is 5.97 Å². The number of aryl methyl sites for hydroxylation is 1. The van der Waals surface area contributed by atoms with Gasteiger partial charge in [0, 0.05) is 11.8 Å². The molecule has 7 nitrogen and oxygen atoms in total. The number of nitriles is 1. The molecule has 0 saturated heterocycles. The summed E-state index contributed by atoms with van der Waals surface area (Å²) in [6, 6.07) is 3.13. The van der Waals surface area contributed by atoms with E-state index in [0.29, 0.717) is 5.56 Å². The SMILES string of the molecule is CCOC(=O)[C@@H](C#N)c1nccc(C)c1[N+](=O)[O-]. The lowest BCUT2D eigenvalue weighted by atomic mass is 10.0. The number of ether oxygens (including phenoxy) is 1. The van der Waals surface area contributed by atoms with Gasteiger partial charge in [-0.2, -0.15) is 5.26 Å². The summed E-state index contributed by atoms with van der Waals surface area (Å²) < 4.78 is 4.70. The Kier molecular flexibility index (Phi) is 4.32. The quantitative estimate of drug-likeness (QED) is 0.454. The number of pyridine rings is 1. The maximum atomic E-state index is 11.6. The Morgan fingerprint density at radius 3 is 2.89 bits per heavy atom. The third-order valence-electron chi connectivity index (χ3n) is 2.26. The van der Waals surface area contributed by atoms with Gasteiger partial charge < -0.3 is 4.74 Å². The number of esters is 1. The van der Waals surface area contributed by atoms with Crippen LogP contribution >= 0.6 is 0 Å². The minimum absolute atomic E-state index is 0.0939. The van der Waals surface area contributed by atoms with Crippen LogP contribution in [0, 0.1) is 28.4 Å². The molecule has 0 aliphatic rings. The molecule has 0 fully saturated rings. The smallest absolute Gasteiger partial charge is 0.329 e. The number of rotatable bonds is 4. The Balaban J connectivity index is 3.31. The average Bonchev–Trinajstić information content (AvgIpc) is 2.29. The molecule has 94 valence electrons. The number of hydrogen-bond donors (Lipinski definition) is 0. The van der Waals surface area contributed by atoms with E-state index < -0.39 is 16.8 Å². The van der Waals surface area contributed by atoms with E-state index in [2.05, 4.69) is 4.98 Å². The van der Waals surface area contributed by atoms with Crippen LogP contribution in [0.15, 0.2) is 12.3 Å². The van der Waals surface area contributed by atoms with Gasteiger partial charge in [0.1, 0.15) is 5.69 Å². The number of nitro groups is 1. The van der Waals surface area contributed by atoms with Crippen molar-refractivity contribution in [3.05, 3.63) is 33.6 Å². The van der Waals surface area contributed by atoms with E-state index in [1.807, 2.05) is 0 Å². The Morgan fingerprint density at radius 1 is 1.72 bits per heavy atom. The van der Waals surface area contributed by atoms with E-state index in [1.165, 1.54) is 19.2 Å². The van der Waals surface area contributed by atoms with E-state index >= 15 is 0 Å². The third-order valence-corrected chi connectivity index (χ3v) is 2.26. The highest BCUT2D eigenvalue weighted by Crippen LogP contribution is 2.28. The van der Waals surface area contributed by atoms with Crippen molar-refractivity contribution in [2.75, 3.05) is 6.61 Å². The van der Waals surface area contributed by atoms with Gasteiger partial charge in [-0.3, -0.25) is 19.9 Å². The first-order chi connectivity index (χ1) is 8.52. The first kappa shape index (κ1) is 13.6. The molecule has 1 aromatic heterocycles. The lowest BCUT2D eigenvalue weighted by Gasteiger charge is -2.09. The van der Waals surface area contributed by atoms with Crippen LogP contribution in [0.5, 0.6) is 0 Å². The zero-order valence-electron chi connectivity index (χ0n) is 9.91. The predicted molar refractivity (Wildman–Crippen MR) is 60.6 cm³/mol. The van der Waals surface area contributed by atoms with Crippen LogP contribution in [0.1, 0.15) is 24.1 Å². The molecular weight excluding hydrogens is 238 g/mol. The summed E-state index contributed by atoms with van der Waals surface area (Å²) in [4.78, 5) is 25.6. The van der Waals surface area contributed by atoms with Crippen molar-refractivity contribution >= 4 is 11.7 Å². The second-order valence-electron chi connectivity index (χ2n) is 3.43. The topological polar surface area (TPSA) is 106 Å².